The maximum absolute atomic E-state index is 13.7. The average Bonchev–Trinajstić information content (AvgIpc) is 3.01. The molecule has 0 bridgehead atoms. The lowest BCUT2D eigenvalue weighted by molar-refractivity contribution is -0.289. The van der Waals surface area contributed by atoms with E-state index in [1.807, 2.05) is 0 Å². The van der Waals surface area contributed by atoms with Gasteiger partial charge in [-0.25, -0.2) is 18.4 Å². The molecule has 3 aromatic rings. The first-order valence-corrected chi connectivity index (χ1v) is 11.3. The molecular weight excluding hydrogens is 506 g/mol. The Morgan fingerprint density at radius 2 is 1.67 bits per heavy atom. The van der Waals surface area contributed by atoms with E-state index in [1.165, 1.54) is 14.0 Å². The van der Waals surface area contributed by atoms with E-state index in [2.05, 4.69) is 9.97 Å². The number of sulfone groups is 1. The molecule has 0 spiro atoms. The highest BCUT2D eigenvalue weighted by atomic mass is 32.2. The van der Waals surface area contributed by atoms with E-state index in [0.29, 0.717) is 12.3 Å². The third-order valence-corrected chi connectivity index (χ3v) is 7.06. The fourth-order valence-electron chi connectivity index (χ4n) is 2.95. The second kappa shape index (κ2) is 8.11. The van der Waals surface area contributed by atoms with E-state index in [0.717, 1.165) is 22.8 Å². The van der Waals surface area contributed by atoms with Gasteiger partial charge in [0.1, 0.15) is 11.3 Å². The molecule has 0 saturated carbocycles. The number of rotatable bonds is 5. The number of thioether (sulfide) groups is 1. The van der Waals surface area contributed by atoms with E-state index in [1.54, 1.807) is 0 Å². The van der Waals surface area contributed by atoms with E-state index in [4.69, 9.17) is 0 Å². The summed E-state index contributed by atoms with van der Waals surface area (Å²) in [5, 5.41) is 0. The Labute approximate surface area is 185 Å². The molecular formula is C18H13F8N3O2S2. The summed E-state index contributed by atoms with van der Waals surface area (Å²) < 4.78 is 130. The molecule has 0 aliphatic carbocycles. The van der Waals surface area contributed by atoms with Crippen molar-refractivity contribution in [3.63, 3.8) is 0 Å². The molecule has 1 aromatic carbocycles. The van der Waals surface area contributed by atoms with Crippen molar-refractivity contribution in [3.05, 3.63) is 36.0 Å². The van der Waals surface area contributed by atoms with Crippen LogP contribution in [0, 0.1) is 0 Å². The first kappa shape index (κ1) is 25.2. The standard InChI is InChI=1S/C18H13F8N3O2S2/c1-3-33(30,31)13-7-10(32-18(24,25)26)4-5-11(13)14-28-12-6-9(8-27-15(12)29(14)2)16(19,20)17(21,22)23/h4-8H,3H2,1-2H3. The molecule has 5 nitrogen and oxygen atoms in total. The maximum Gasteiger partial charge on any atom is 0.458 e. The zero-order valence-electron chi connectivity index (χ0n) is 16.6. The summed E-state index contributed by atoms with van der Waals surface area (Å²) in [4.78, 5) is 6.64. The van der Waals surface area contributed by atoms with Crippen molar-refractivity contribution in [2.24, 2.45) is 7.05 Å². The van der Waals surface area contributed by atoms with Gasteiger partial charge >= 0.3 is 17.6 Å². The number of aromatic nitrogens is 3. The zero-order chi connectivity index (χ0) is 25.0. The Kier molecular flexibility index (Phi) is 6.20. The number of halogens is 8. The molecule has 2 heterocycles. The van der Waals surface area contributed by atoms with Gasteiger partial charge in [0.15, 0.2) is 15.5 Å². The van der Waals surface area contributed by atoms with Crippen LogP contribution in [0.4, 0.5) is 35.1 Å². The van der Waals surface area contributed by atoms with Crippen molar-refractivity contribution in [2.75, 3.05) is 5.75 Å². The molecule has 2 aromatic heterocycles. The second-order valence-electron chi connectivity index (χ2n) is 6.74. The number of imidazole rings is 1. The fourth-order valence-corrected chi connectivity index (χ4v) is 4.72. The average molecular weight is 519 g/mol. The maximum atomic E-state index is 13.7. The number of pyridine rings is 1. The predicted octanol–water partition coefficient (Wildman–Crippen LogP) is 5.69. The molecule has 33 heavy (non-hydrogen) atoms. The largest absolute Gasteiger partial charge is 0.458 e. The van der Waals surface area contributed by atoms with Crippen molar-refractivity contribution in [3.8, 4) is 11.4 Å². The number of fused-ring (bicyclic) bond motifs is 1. The van der Waals surface area contributed by atoms with Crippen LogP contribution in [0.1, 0.15) is 12.5 Å². The van der Waals surface area contributed by atoms with Crippen LogP contribution in [0.25, 0.3) is 22.6 Å². The molecule has 0 unspecified atom stereocenters. The molecule has 0 N–H and O–H groups in total. The molecule has 0 radical (unpaired) electrons. The minimum absolute atomic E-state index is 0.139. The highest BCUT2D eigenvalue weighted by molar-refractivity contribution is 8.00. The third-order valence-electron chi connectivity index (χ3n) is 4.57. The summed E-state index contributed by atoms with van der Waals surface area (Å²) in [6.45, 7) is 1.27. The van der Waals surface area contributed by atoms with Crippen LogP contribution in [-0.2, 0) is 22.8 Å². The van der Waals surface area contributed by atoms with Gasteiger partial charge in [-0.3, -0.25) is 0 Å². The lowest BCUT2D eigenvalue weighted by Crippen LogP contribution is -2.33. The van der Waals surface area contributed by atoms with Gasteiger partial charge in [-0.15, -0.1) is 0 Å². The van der Waals surface area contributed by atoms with Gasteiger partial charge in [0.05, 0.1) is 16.2 Å². The van der Waals surface area contributed by atoms with Gasteiger partial charge in [0.25, 0.3) is 0 Å². The Morgan fingerprint density at radius 1 is 1.03 bits per heavy atom. The number of hydrogen-bond donors (Lipinski definition) is 0. The first-order chi connectivity index (χ1) is 15.0. The summed E-state index contributed by atoms with van der Waals surface area (Å²) in [6, 6.07) is 3.34. The van der Waals surface area contributed by atoms with Crippen LogP contribution in [0.3, 0.4) is 0 Å². The normalized spacial score (nSPS) is 13.6. The lowest BCUT2D eigenvalue weighted by Gasteiger charge is -2.19. The summed E-state index contributed by atoms with van der Waals surface area (Å²) in [5.41, 5.74) is -6.84. The minimum Gasteiger partial charge on any atom is -0.312 e. The van der Waals surface area contributed by atoms with E-state index in [-0.39, 0.29) is 22.6 Å². The van der Waals surface area contributed by atoms with Crippen LogP contribution in [0.5, 0.6) is 0 Å². The Bertz CT molecular complexity index is 1310. The molecule has 3 rings (SSSR count). The quantitative estimate of drug-likeness (QED) is 0.320. The second-order valence-corrected chi connectivity index (χ2v) is 10.1. The van der Waals surface area contributed by atoms with E-state index in [9.17, 15) is 43.5 Å². The molecule has 0 atom stereocenters. The Balaban J connectivity index is 2.23. The smallest absolute Gasteiger partial charge is 0.312 e. The summed E-state index contributed by atoms with van der Waals surface area (Å²) in [5.74, 6) is -5.87. The van der Waals surface area contributed by atoms with Crippen molar-refractivity contribution in [1.82, 2.24) is 14.5 Å². The van der Waals surface area contributed by atoms with Crippen molar-refractivity contribution in [2.45, 2.75) is 34.3 Å². The summed E-state index contributed by atoms with van der Waals surface area (Å²) >= 11 is -0.532. The van der Waals surface area contributed by atoms with Gasteiger partial charge in [-0.2, -0.15) is 35.1 Å². The number of nitrogens with zero attached hydrogens (tertiary/aromatic N) is 3. The lowest BCUT2D eigenvalue weighted by atomic mass is 10.1. The topological polar surface area (TPSA) is 64.8 Å². The molecule has 0 aliphatic rings. The highest BCUT2D eigenvalue weighted by Crippen LogP contribution is 2.44. The van der Waals surface area contributed by atoms with Gasteiger partial charge in [0.2, 0.25) is 0 Å². The third kappa shape index (κ3) is 4.78. The van der Waals surface area contributed by atoms with E-state index >= 15 is 0 Å². The van der Waals surface area contributed by atoms with Gasteiger partial charge in [-0.05, 0) is 36.0 Å². The van der Waals surface area contributed by atoms with Crippen LogP contribution in [-0.4, -0.2) is 40.4 Å². The molecule has 0 aliphatic heterocycles. The van der Waals surface area contributed by atoms with Crippen LogP contribution < -0.4 is 0 Å². The van der Waals surface area contributed by atoms with Crippen LogP contribution >= 0.6 is 11.8 Å². The van der Waals surface area contributed by atoms with E-state index < -0.39 is 60.3 Å². The molecule has 180 valence electrons. The Hall–Kier alpha value is -2.42. The SMILES string of the molecule is CCS(=O)(=O)c1cc(SC(F)(F)F)ccc1-c1nc2cc(C(F)(F)C(F)(F)F)cnc2n1C. The zero-order valence-corrected chi connectivity index (χ0v) is 18.2. The monoisotopic (exact) mass is 519 g/mol. The van der Waals surface area contributed by atoms with Crippen molar-refractivity contribution < 1.29 is 43.5 Å². The highest BCUT2D eigenvalue weighted by Gasteiger charge is 2.59. The first-order valence-electron chi connectivity index (χ1n) is 8.88. The van der Waals surface area contributed by atoms with Gasteiger partial charge < -0.3 is 4.57 Å². The molecule has 15 heteroatoms. The van der Waals surface area contributed by atoms with Crippen LogP contribution in [0.2, 0.25) is 0 Å². The molecule has 0 fully saturated rings. The number of alkyl halides is 8. The van der Waals surface area contributed by atoms with Crippen molar-refractivity contribution >= 4 is 32.8 Å². The molecule has 0 saturated heterocycles. The number of aryl methyl sites for hydroxylation is 1. The number of benzene rings is 1. The van der Waals surface area contributed by atoms with Gasteiger partial charge in [-0.1, -0.05) is 6.92 Å². The number of hydrogen-bond acceptors (Lipinski definition) is 5. The van der Waals surface area contributed by atoms with Crippen LogP contribution in [0.15, 0.2) is 40.3 Å². The predicted molar refractivity (Wildman–Crippen MR) is 104 cm³/mol. The summed E-state index contributed by atoms with van der Waals surface area (Å²) in [7, 11) is -2.78. The molecule has 0 amide bonds. The summed E-state index contributed by atoms with van der Waals surface area (Å²) in [6.07, 6.45) is -5.55. The minimum atomic E-state index is -5.88. The Morgan fingerprint density at radius 3 is 2.21 bits per heavy atom. The fraction of sp³-hybridized carbons (Fsp3) is 0.333. The van der Waals surface area contributed by atoms with Crippen molar-refractivity contribution in [1.29, 1.82) is 0 Å². The van der Waals surface area contributed by atoms with Gasteiger partial charge in [0, 0.05) is 23.7 Å².